The summed E-state index contributed by atoms with van der Waals surface area (Å²) in [7, 11) is -6.17. The fourth-order valence-electron chi connectivity index (χ4n) is 1.25. The van der Waals surface area contributed by atoms with E-state index in [-0.39, 0.29) is 16.3 Å². The van der Waals surface area contributed by atoms with Crippen LogP contribution >= 0.6 is 0 Å². The van der Waals surface area contributed by atoms with Crippen LogP contribution in [0, 0.1) is 0 Å². The lowest BCUT2D eigenvalue weighted by Gasteiger charge is -2.13. The van der Waals surface area contributed by atoms with Crippen LogP contribution in [0.25, 0.3) is 0 Å². The number of ether oxygens (including phenoxy) is 1. The van der Waals surface area contributed by atoms with Gasteiger partial charge in [-0.2, -0.15) is 0 Å². The van der Waals surface area contributed by atoms with E-state index in [4.69, 9.17) is 9.88 Å². The second-order valence-corrected chi connectivity index (χ2v) is 7.87. The first-order valence-electron chi connectivity index (χ1n) is 5.30. The molecule has 0 aliphatic heterocycles. The molecule has 0 aromatic heterocycles. The van der Waals surface area contributed by atoms with Gasteiger partial charge >= 0.3 is 0 Å². The van der Waals surface area contributed by atoms with Crippen LogP contribution in [0.2, 0.25) is 0 Å². The number of hydrogen-bond donors (Lipinski definition) is 2. The van der Waals surface area contributed by atoms with Crippen molar-refractivity contribution in [3.63, 3.8) is 0 Å². The second kappa shape index (κ2) is 5.35. The van der Waals surface area contributed by atoms with E-state index in [1.54, 1.807) is 0 Å². The smallest absolute Gasteiger partial charge is 0.241 e. The van der Waals surface area contributed by atoms with Crippen LogP contribution < -0.4 is 14.6 Å². The van der Waals surface area contributed by atoms with Crippen molar-refractivity contribution in [1.29, 1.82) is 0 Å². The van der Waals surface area contributed by atoms with Crippen molar-refractivity contribution in [2.45, 2.75) is 24.0 Å². The van der Waals surface area contributed by atoms with Crippen molar-refractivity contribution in [3.05, 3.63) is 18.2 Å². The maximum atomic E-state index is 11.7. The molecule has 0 aliphatic carbocycles. The van der Waals surface area contributed by atoms with E-state index >= 15 is 0 Å². The van der Waals surface area contributed by atoms with Crippen LogP contribution in [0.1, 0.15) is 13.8 Å². The molecule has 0 saturated heterocycles. The zero-order chi connectivity index (χ0) is 14.8. The van der Waals surface area contributed by atoms with Crippen molar-refractivity contribution in [3.8, 4) is 5.75 Å². The normalized spacial score (nSPS) is 12.5. The van der Waals surface area contributed by atoms with Crippen LogP contribution in [0.3, 0.4) is 0 Å². The van der Waals surface area contributed by atoms with Gasteiger partial charge in [0.15, 0.2) is 0 Å². The Morgan fingerprint density at radius 2 is 1.79 bits per heavy atom. The Bertz CT molecular complexity index is 665. The summed E-state index contributed by atoms with van der Waals surface area (Å²) in [5, 5.41) is 4.40. The Morgan fingerprint density at radius 3 is 2.21 bits per heavy atom. The number of anilines is 1. The summed E-state index contributed by atoms with van der Waals surface area (Å²) in [6.07, 6.45) is 0. The fourth-order valence-corrected chi connectivity index (χ4v) is 2.62. The Labute approximate surface area is 112 Å². The summed E-state index contributed by atoms with van der Waals surface area (Å²) in [6.45, 7) is 3.05. The number of benzene rings is 1. The first-order chi connectivity index (χ1) is 8.58. The average Bonchev–Trinajstić information content (AvgIpc) is 2.26. The molecule has 0 bridgehead atoms. The van der Waals surface area contributed by atoms with E-state index in [0.29, 0.717) is 0 Å². The van der Waals surface area contributed by atoms with Gasteiger partial charge in [-0.15, -0.1) is 0 Å². The lowest BCUT2D eigenvalue weighted by molar-refractivity contribution is 0.403. The Morgan fingerprint density at radius 1 is 1.21 bits per heavy atom. The number of hydrogen-bond acceptors (Lipinski definition) is 5. The summed E-state index contributed by atoms with van der Waals surface area (Å²) in [5.41, 5.74) is 0.206. The molecule has 0 fully saturated rings. The van der Waals surface area contributed by atoms with Gasteiger partial charge in [0.05, 0.1) is 18.0 Å². The van der Waals surface area contributed by atoms with Crippen LogP contribution in [-0.4, -0.2) is 29.2 Å². The minimum atomic E-state index is -3.92. The molecule has 0 unspecified atom stereocenters. The minimum absolute atomic E-state index is 0.0218. The summed E-state index contributed by atoms with van der Waals surface area (Å²) in [4.78, 5) is -0.206. The number of nitrogens with one attached hydrogen (secondary N) is 1. The molecule has 3 N–H and O–H groups in total. The van der Waals surface area contributed by atoms with Crippen molar-refractivity contribution in [2.75, 3.05) is 11.8 Å². The van der Waals surface area contributed by atoms with Gasteiger partial charge in [0, 0.05) is 6.07 Å². The lowest BCUT2D eigenvalue weighted by Crippen LogP contribution is -2.22. The Balaban J connectivity index is 3.23. The number of sulfonamides is 2. The number of nitrogens with two attached hydrogens (primary N) is 1. The van der Waals surface area contributed by atoms with E-state index in [0.717, 1.165) is 0 Å². The predicted octanol–water partition coefficient (Wildman–Crippen LogP) is 0.493. The molecule has 1 aromatic rings. The van der Waals surface area contributed by atoms with Gasteiger partial charge in [0.1, 0.15) is 10.6 Å². The molecule has 19 heavy (non-hydrogen) atoms. The molecule has 0 atom stereocenters. The third-order valence-corrected chi connectivity index (χ3v) is 5.06. The highest BCUT2D eigenvalue weighted by Crippen LogP contribution is 2.27. The second-order valence-electron chi connectivity index (χ2n) is 4.11. The molecule has 108 valence electrons. The quantitative estimate of drug-likeness (QED) is 0.821. The van der Waals surface area contributed by atoms with E-state index in [1.165, 1.54) is 39.2 Å². The molecule has 0 spiro atoms. The molecule has 0 aliphatic rings. The highest BCUT2D eigenvalue weighted by molar-refractivity contribution is 7.93. The van der Waals surface area contributed by atoms with E-state index in [2.05, 4.69) is 4.72 Å². The Kier molecular flexibility index (Phi) is 4.43. The first-order valence-corrected chi connectivity index (χ1v) is 8.39. The maximum Gasteiger partial charge on any atom is 0.241 e. The van der Waals surface area contributed by atoms with Crippen molar-refractivity contribution in [1.82, 2.24) is 0 Å². The zero-order valence-corrected chi connectivity index (χ0v) is 12.4. The number of rotatable bonds is 5. The monoisotopic (exact) mass is 308 g/mol. The highest BCUT2D eigenvalue weighted by atomic mass is 32.2. The number of methoxy groups -OCH3 is 1. The maximum absolute atomic E-state index is 11.7. The van der Waals surface area contributed by atoms with Crippen LogP contribution in [0.5, 0.6) is 5.75 Å². The summed E-state index contributed by atoms with van der Waals surface area (Å²) >= 11 is 0. The van der Waals surface area contributed by atoms with Gasteiger partial charge in [-0.1, -0.05) is 0 Å². The van der Waals surface area contributed by atoms with Crippen molar-refractivity contribution in [2.24, 2.45) is 5.14 Å². The summed E-state index contributed by atoms with van der Waals surface area (Å²) < 4.78 is 53.1. The van der Waals surface area contributed by atoms with Crippen LogP contribution in [0.15, 0.2) is 23.1 Å². The summed E-state index contributed by atoms with van der Waals surface area (Å²) in [6, 6.07) is 3.76. The highest BCUT2D eigenvalue weighted by Gasteiger charge is 2.19. The van der Waals surface area contributed by atoms with Crippen LogP contribution in [-0.2, 0) is 20.0 Å². The lowest BCUT2D eigenvalue weighted by atomic mass is 10.3. The first kappa shape index (κ1) is 15.7. The van der Waals surface area contributed by atoms with Gasteiger partial charge in [-0.25, -0.2) is 22.0 Å². The number of primary sulfonamides is 1. The molecule has 9 heteroatoms. The largest absolute Gasteiger partial charge is 0.495 e. The van der Waals surface area contributed by atoms with Gasteiger partial charge in [-0.3, -0.25) is 4.72 Å². The molecule has 1 aromatic carbocycles. The van der Waals surface area contributed by atoms with E-state index in [1.807, 2.05) is 0 Å². The molecule has 0 amide bonds. The van der Waals surface area contributed by atoms with Crippen LogP contribution in [0.4, 0.5) is 5.69 Å². The van der Waals surface area contributed by atoms with Gasteiger partial charge in [0.2, 0.25) is 20.0 Å². The third kappa shape index (κ3) is 3.82. The Hall–Kier alpha value is -1.32. The van der Waals surface area contributed by atoms with Gasteiger partial charge < -0.3 is 4.74 Å². The molecule has 1 rings (SSSR count). The standard InChI is InChI=1S/C10H16N2O5S2/c1-7(2)19(15,16)12-8-4-5-10(18(11,13)14)9(6-8)17-3/h4-7,12H,1-3H3,(H2,11,13,14). The molecule has 0 radical (unpaired) electrons. The third-order valence-electron chi connectivity index (χ3n) is 2.35. The SMILES string of the molecule is COc1cc(NS(=O)(=O)C(C)C)ccc1S(N)(=O)=O. The van der Waals surface area contributed by atoms with Gasteiger partial charge in [0.25, 0.3) is 0 Å². The van der Waals surface area contributed by atoms with Crippen molar-refractivity contribution < 1.29 is 21.6 Å². The summed E-state index contributed by atoms with van der Waals surface area (Å²) in [5.74, 6) is -0.0218. The zero-order valence-electron chi connectivity index (χ0n) is 10.7. The minimum Gasteiger partial charge on any atom is -0.495 e. The van der Waals surface area contributed by atoms with Crippen molar-refractivity contribution >= 4 is 25.7 Å². The molecular formula is C10H16N2O5S2. The topological polar surface area (TPSA) is 116 Å². The van der Waals surface area contributed by atoms with E-state index in [9.17, 15) is 16.8 Å². The molecule has 0 saturated carbocycles. The van der Waals surface area contributed by atoms with Gasteiger partial charge in [-0.05, 0) is 26.0 Å². The fraction of sp³-hybridized carbons (Fsp3) is 0.400. The molecule has 0 heterocycles. The average molecular weight is 308 g/mol. The molecular weight excluding hydrogens is 292 g/mol. The predicted molar refractivity (Wildman–Crippen MR) is 72.0 cm³/mol. The van der Waals surface area contributed by atoms with E-state index < -0.39 is 25.3 Å². The molecule has 7 nitrogen and oxygen atoms in total.